The average molecular weight is 261 g/mol. The summed E-state index contributed by atoms with van der Waals surface area (Å²) in [6.45, 7) is 0. The summed E-state index contributed by atoms with van der Waals surface area (Å²) in [5.74, 6) is 0. The largest absolute Gasteiger partial charge is 0.419 e. The number of nitrogens with one attached hydrogen (secondary N) is 1. The molecule has 0 bridgehead atoms. The third kappa shape index (κ3) is 2.85. The van der Waals surface area contributed by atoms with Crippen LogP contribution < -0.4 is 5.32 Å². The molecule has 1 N–H and O–H groups in total. The Bertz CT molecular complexity index is 386. The molecule has 1 fully saturated rings. The molecule has 1 saturated carbocycles. The molecular formula is C12H18F3N3. The van der Waals surface area contributed by atoms with Gasteiger partial charge in [-0.15, -0.1) is 0 Å². The first-order valence-corrected chi connectivity index (χ1v) is 6.31. The van der Waals surface area contributed by atoms with Crippen molar-refractivity contribution in [3.05, 3.63) is 18.0 Å². The summed E-state index contributed by atoms with van der Waals surface area (Å²) >= 11 is 0. The first-order valence-electron chi connectivity index (χ1n) is 6.31. The lowest BCUT2D eigenvalue weighted by atomic mass is 10.0. The molecule has 1 heterocycles. The van der Waals surface area contributed by atoms with Crippen LogP contribution in [0.4, 0.5) is 13.2 Å². The van der Waals surface area contributed by atoms with Gasteiger partial charge in [0, 0.05) is 12.2 Å². The van der Waals surface area contributed by atoms with Crippen molar-refractivity contribution in [2.75, 3.05) is 7.05 Å². The number of hydrogen-bond donors (Lipinski definition) is 1. The Morgan fingerprint density at radius 2 is 2.00 bits per heavy atom. The van der Waals surface area contributed by atoms with E-state index in [4.69, 9.17) is 0 Å². The van der Waals surface area contributed by atoms with Crippen LogP contribution in [0.25, 0.3) is 0 Å². The highest BCUT2D eigenvalue weighted by Crippen LogP contribution is 2.32. The number of aromatic nitrogens is 2. The fourth-order valence-corrected chi connectivity index (χ4v) is 2.61. The molecule has 3 nitrogen and oxygen atoms in total. The van der Waals surface area contributed by atoms with E-state index < -0.39 is 11.7 Å². The number of hydrogen-bond acceptors (Lipinski definition) is 2. The lowest BCUT2D eigenvalue weighted by molar-refractivity contribution is -0.137. The van der Waals surface area contributed by atoms with Crippen molar-refractivity contribution >= 4 is 0 Å². The molecule has 18 heavy (non-hydrogen) atoms. The van der Waals surface area contributed by atoms with Crippen LogP contribution in [0.5, 0.6) is 0 Å². The predicted molar refractivity (Wildman–Crippen MR) is 62.2 cm³/mol. The molecule has 0 spiro atoms. The van der Waals surface area contributed by atoms with Crippen LogP contribution in [-0.4, -0.2) is 22.9 Å². The minimum atomic E-state index is -4.31. The molecule has 1 aliphatic carbocycles. The van der Waals surface area contributed by atoms with Gasteiger partial charge in [0.1, 0.15) is 0 Å². The maximum atomic E-state index is 12.6. The van der Waals surface area contributed by atoms with Crippen LogP contribution in [0.1, 0.15) is 43.7 Å². The van der Waals surface area contributed by atoms with Gasteiger partial charge >= 0.3 is 6.18 Å². The molecule has 0 saturated heterocycles. The number of halogens is 3. The van der Waals surface area contributed by atoms with E-state index >= 15 is 0 Å². The number of nitrogens with zero attached hydrogens (tertiary/aromatic N) is 2. The lowest BCUT2D eigenvalue weighted by Gasteiger charge is -2.25. The second kappa shape index (κ2) is 5.30. The minimum Gasteiger partial charge on any atom is -0.315 e. The Labute approximate surface area is 104 Å². The van der Waals surface area contributed by atoms with Gasteiger partial charge in [-0.1, -0.05) is 19.3 Å². The maximum absolute atomic E-state index is 12.6. The second-order valence-corrected chi connectivity index (χ2v) is 4.81. The van der Waals surface area contributed by atoms with Crippen LogP contribution >= 0.6 is 0 Å². The second-order valence-electron chi connectivity index (χ2n) is 4.81. The van der Waals surface area contributed by atoms with Gasteiger partial charge in [-0.3, -0.25) is 4.68 Å². The summed E-state index contributed by atoms with van der Waals surface area (Å²) in [4.78, 5) is 0. The summed E-state index contributed by atoms with van der Waals surface area (Å²) in [6, 6.07) is 0.224. The predicted octanol–water partition coefficient (Wildman–Crippen LogP) is 3.00. The van der Waals surface area contributed by atoms with Gasteiger partial charge in [-0.2, -0.15) is 18.3 Å². The van der Waals surface area contributed by atoms with Gasteiger partial charge < -0.3 is 5.32 Å². The zero-order chi connectivity index (χ0) is 13.2. The minimum absolute atomic E-state index is 0.0219. The van der Waals surface area contributed by atoms with Gasteiger partial charge in [-0.25, -0.2) is 0 Å². The molecule has 0 amide bonds. The highest BCUT2D eigenvalue weighted by molar-refractivity contribution is 5.09. The van der Waals surface area contributed by atoms with E-state index in [-0.39, 0.29) is 12.1 Å². The van der Waals surface area contributed by atoms with Crippen molar-refractivity contribution in [2.45, 2.75) is 50.4 Å². The van der Waals surface area contributed by atoms with Crippen LogP contribution in [0.15, 0.2) is 12.4 Å². The Hall–Kier alpha value is -1.04. The molecule has 0 aromatic carbocycles. The molecule has 1 aliphatic rings. The summed E-state index contributed by atoms with van der Waals surface area (Å²) in [5, 5.41) is 7.10. The first kappa shape index (κ1) is 13.4. The molecule has 6 heteroatoms. The zero-order valence-electron chi connectivity index (χ0n) is 10.4. The van der Waals surface area contributed by atoms with E-state index in [0.717, 1.165) is 44.5 Å². The molecule has 1 aromatic rings. The molecule has 0 aliphatic heterocycles. The number of alkyl halides is 3. The van der Waals surface area contributed by atoms with Crippen molar-refractivity contribution in [1.82, 2.24) is 15.1 Å². The van der Waals surface area contributed by atoms with E-state index in [1.54, 1.807) is 0 Å². The molecular weight excluding hydrogens is 243 g/mol. The molecule has 1 aromatic heterocycles. The summed E-state index contributed by atoms with van der Waals surface area (Å²) < 4.78 is 39.2. The lowest BCUT2D eigenvalue weighted by Crippen LogP contribution is -2.34. The normalized spacial score (nSPS) is 26.0. The SMILES string of the molecule is CNC1CCCCCC1n1cc(C(F)(F)F)cn1. The summed E-state index contributed by atoms with van der Waals surface area (Å²) in [7, 11) is 1.86. The third-order valence-electron chi connectivity index (χ3n) is 3.62. The highest BCUT2D eigenvalue weighted by Gasteiger charge is 2.33. The van der Waals surface area contributed by atoms with Crippen LogP contribution in [0, 0.1) is 0 Å². The van der Waals surface area contributed by atoms with E-state index in [0.29, 0.717) is 0 Å². The topological polar surface area (TPSA) is 29.9 Å². The third-order valence-corrected chi connectivity index (χ3v) is 3.62. The van der Waals surface area contributed by atoms with E-state index in [2.05, 4.69) is 10.4 Å². The van der Waals surface area contributed by atoms with Crippen molar-refractivity contribution in [1.29, 1.82) is 0 Å². The molecule has 102 valence electrons. The Kier molecular flexibility index (Phi) is 3.94. The fourth-order valence-electron chi connectivity index (χ4n) is 2.61. The van der Waals surface area contributed by atoms with Gasteiger partial charge in [0.2, 0.25) is 0 Å². The molecule has 2 unspecified atom stereocenters. The zero-order valence-corrected chi connectivity index (χ0v) is 10.4. The number of rotatable bonds is 2. The number of likely N-dealkylation sites (N-methyl/N-ethyl adjacent to an activating group) is 1. The molecule has 2 rings (SSSR count). The van der Waals surface area contributed by atoms with Gasteiger partial charge in [-0.05, 0) is 19.9 Å². The quantitative estimate of drug-likeness (QED) is 0.829. The van der Waals surface area contributed by atoms with Gasteiger partial charge in [0.25, 0.3) is 0 Å². The highest BCUT2D eigenvalue weighted by atomic mass is 19.4. The fraction of sp³-hybridized carbons (Fsp3) is 0.750. The maximum Gasteiger partial charge on any atom is 0.419 e. The summed E-state index contributed by atoms with van der Waals surface area (Å²) in [6.07, 6.45) is 2.91. The summed E-state index contributed by atoms with van der Waals surface area (Å²) in [5.41, 5.74) is -0.665. The van der Waals surface area contributed by atoms with E-state index in [1.807, 2.05) is 7.05 Å². The Morgan fingerprint density at radius 3 is 2.61 bits per heavy atom. The van der Waals surface area contributed by atoms with Gasteiger partial charge in [0.15, 0.2) is 0 Å². The smallest absolute Gasteiger partial charge is 0.315 e. The van der Waals surface area contributed by atoms with Crippen LogP contribution in [0.2, 0.25) is 0 Å². The Balaban J connectivity index is 2.20. The van der Waals surface area contributed by atoms with Crippen molar-refractivity contribution in [2.24, 2.45) is 0 Å². The van der Waals surface area contributed by atoms with Gasteiger partial charge in [0.05, 0.1) is 17.8 Å². The standard InChI is InChI=1S/C12H18F3N3/c1-16-10-5-3-2-4-6-11(10)18-8-9(7-17-18)12(13,14)15/h7-8,10-11,16H,2-6H2,1H3. The average Bonchev–Trinajstić information content (AvgIpc) is 2.68. The monoisotopic (exact) mass is 261 g/mol. The van der Waals surface area contributed by atoms with Crippen molar-refractivity contribution in [3.8, 4) is 0 Å². The van der Waals surface area contributed by atoms with Crippen LogP contribution in [-0.2, 0) is 6.18 Å². The first-order chi connectivity index (χ1) is 8.52. The van der Waals surface area contributed by atoms with Crippen molar-refractivity contribution in [3.63, 3.8) is 0 Å². The Morgan fingerprint density at radius 1 is 1.28 bits per heavy atom. The molecule has 0 radical (unpaired) electrons. The van der Waals surface area contributed by atoms with E-state index in [9.17, 15) is 13.2 Å². The van der Waals surface area contributed by atoms with Crippen molar-refractivity contribution < 1.29 is 13.2 Å². The van der Waals surface area contributed by atoms with Crippen LogP contribution in [0.3, 0.4) is 0 Å². The molecule has 2 atom stereocenters. The van der Waals surface area contributed by atoms with E-state index in [1.165, 1.54) is 4.68 Å².